The Labute approximate surface area is 89.8 Å². The van der Waals surface area contributed by atoms with Gasteiger partial charge >= 0.3 is 5.97 Å². The number of aromatic carboxylic acids is 1. The lowest BCUT2D eigenvalue weighted by Gasteiger charge is -2.04. The first-order chi connectivity index (χ1) is 7.68. The molecule has 1 N–H and O–H groups in total. The first kappa shape index (κ1) is 10.0. The topological polar surface area (TPSA) is 85.1 Å². The van der Waals surface area contributed by atoms with Gasteiger partial charge in [0.15, 0.2) is 0 Å². The fraction of sp³-hybridized carbons (Fsp3) is 0. The van der Waals surface area contributed by atoms with E-state index in [9.17, 15) is 9.59 Å². The molecule has 80 valence electrons. The van der Waals surface area contributed by atoms with Crippen LogP contribution in [0, 0.1) is 0 Å². The van der Waals surface area contributed by atoms with E-state index in [4.69, 9.17) is 5.11 Å². The second-order valence-corrected chi connectivity index (χ2v) is 2.99. The van der Waals surface area contributed by atoms with Crippen molar-refractivity contribution in [1.29, 1.82) is 0 Å². The normalized spacial score (nSPS) is 10.0. The van der Waals surface area contributed by atoms with Gasteiger partial charge in [0.25, 0.3) is 0 Å². The van der Waals surface area contributed by atoms with E-state index in [-0.39, 0.29) is 0 Å². The first-order valence-corrected chi connectivity index (χ1v) is 4.42. The second-order valence-electron chi connectivity index (χ2n) is 2.99. The van der Waals surface area contributed by atoms with Crippen molar-refractivity contribution in [3.8, 4) is 5.69 Å². The Hall–Kier alpha value is -2.50. The van der Waals surface area contributed by atoms with Crippen LogP contribution in [-0.4, -0.2) is 25.8 Å². The summed E-state index contributed by atoms with van der Waals surface area (Å²) in [5.41, 5.74) is -0.538. The van der Waals surface area contributed by atoms with Crippen LogP contribution >= 0.6 is 0 Å². The average molecular weight is 217 g/mol. The van der Waals surface area contributed by atoms with Crippen molar-refractivity contribution >= 4 is 5.97 Å². The van der Waals surface area contributed by atoms with Crippen molar-refractivity contribution in [2.45, 2.75) is 0 Å². The lowest BCUT2D eigenvalue weighted by molar-refractivity contribution is 0.0687. The number of aromatic nitrogens is 3. The van der Waals surface area contributed by atoms with Gasteiger partial charge in [-0.1, -0.05) is 0 Å². The number of nitrogens with zero attached hydrogens (tertiary/aromatic N) is 3. The lowest BCUT2D eigenvalue weighted by Crippen LogP contribution is -2.20. The van der Waals surface area contributed by atoms with E-state index >= 15 is 0 Å². The number of carbonyl (C=O) groups is 1. The van der Waals surface area contributed by atoms with Crippen molar-refractivity contribution in [2.24, 2.45) is 0 Å². The van der Waals surface area contributed by atoms with Crippen LogP contribution in [0.5, 0.6) is 0 Å². The van der Waals surface area contributed by atoms with Crippen LogP contribution in [0.15, 0.2) is 41.6 Å². The molecular weight excluding hydrogens is 210 g/mol. The quantitative estimate of drug-likeness (QED) is 0.783. The van der Waals surface area contributed by atoms with Gasteiger partial charge in [0.1, 0.15) is 0 Å². The van der Waals surface area contributed by atoms with E-state index in [1.165, 1.54) is 17.1 Å². The van der Waals surface area contributed by atoms with Gasteiger partial charge in [-0.2, -0.15) is 5.10 Å². The fourth-order valence-corrected chi connectivity index (χ4v) is 1.19. The van der Waals surface area contributed by atoms with Crippen LogP contribution in [0.3, 0.4) is 0 Å². The Morgan fingerprint density at radius 2 is 2.19 bits per heavy atom. The highest BCUT2D eigenvalue weighted by Crippen LogP contribution is 2.01. The molecule has 16 heavy (non-hydrogen) atoms. The van der Waals surface area contributed by atoms with Gasteiger partial charge in [-0.25, -0.2) is 9.48 Å². The molecule has 0 aromatic carbocycles. The molecule has 2 rings (SSSR count). The molecule has 0 atom stereocenters. The summed E-state index contributed by atoms with van der Waals surface area (Å²) < 4.78 is 1.29. The fourth-order valence-electron chi connectivity index (χ4n) is 1.19. The molecule has 0 saturated carbocycles. The molecule has 0 aliphatic carbocycles. The highest BCUT2D eigenvalue weighted by atomic mass is 16.4. The van der Waals surface area contributed by atoms with Crippen molar-refractivity contribution < 1.29 is 9.90 Å². The van der Waals surface area contributed by atoms with Crippen molar-refractivity contribution in [3.63, 3.8) is 0 Å². The van der Waals surface area contributed by atoms with Gasteiger partial charge in [-0.3, -0.25) is 9.78 Å². The molecule has 0 spiro atoms. The molecule has 2 aromatic rings. The average Bonchev–Trinajstić information content (AvgIpc) is 2.30. The minimum atomic E-state index is -1.34. The zero-order valence-corrected chi connectivity index (χ0v) is 8.07. The predicted molar refractivity (Wildman–Crippen MR) is 54.6 cm³/mol. The van der Waals surface area contributed by atoms with E-state index < -0.39 is 17.1 Å². The molecule has 0 aliphatic heterocycles. The van der Waals surface area contributed by atoms with E-state index in [0.717, 1.165) is 6.07 Å². The molecular formula is C10H7N3O3. The smallest absolute Gasteiger partial charge is 0.360 e. The number of rotatable bonds is 2. The van der Waals surface area contributed by atoms with Gasteiger partial charge in [-0.05, 0) is 12.1 Å². The maximum Gasteiger partial charge on any atom is 0.360 e. The minimum Gasteiger partial charge on any atom is -0.476 e. The number of pyridine rings is 1. The van der Waals surface area contributed by atoms with E-state index in [0.29, 0.717) is 5.69 Å². The van der Waals surface area contributed by atoms with E-state index in [1.807, 2.05) is 0 Å². The summed E-state index contributed by atoms with van der Waals surface area (Å²) in [6.45, 7) is 0. The van der Waals surface area contributed by atoms with Gasteiger partial charge in [0.05, 0.1) is 11.9 Å². The predicted octanol–water partition coefficient (Wildman–Crippen LogP) is 0.326. The molecule has 2 heterocycles. The summed E-state index contributed by atoms with van der Waals surface area (Å²) in [6.07, 6.45) is 4.50. The molecule has 2 aromatic heterocycles. The third-order valence-corrected chi connectivity index (χ3v) is 1.92. The Morgan fingerprint density at radius 3 is 2.81 bits per heavy atom. The summed E-state index contributed by atoms with van der Waals surface area (Å²) in [4.78, 5) is 25.8. The maximum atomic E-state index is 11.2. The van der Waals surface area contributed by atoms with E-state index in [1.54, 1.807) is 18.3 Å². The maximum absolute atomic E-state index is 11.2. The molecule has 0 aliphatic rings. The number of carboxylic acids is 1. The zero-order chi connectivity index (χ0) is 11.5. The van der Waals surface area contributed by atoms with Crippen LogP contribution in [-0.2, 0) is 0 Å². The largest absolute Gasteiger partial charge is 0.476 e. The third-order valence-electron chi connectivity index (χ3n) is 1.92. The van der Waals surface area contributed by atoms with Crippen LogP contribution in [0.25, 0.3) is 5.69 Å². The van der Waals surface area contributed by atoms with Gasteiger partial charge < -0.3 is 5.11 Å². The van der Waals surface area contributed by atoms with Crippen LogP contribution in [0.1, 0.15) is 10.5 Å². The highest BCUT2D eigenvalue weighted by Gasteiger charge is 2.10. The Kier molecular flexibility index (Phi) is 2.47. The number of hydrogen-bond acceptors (Lipinski definition) is 4. The summed E-state index contributed by atoms with van der Waals surface area (Å²) in [5, 5.41) is 12.5. The van der Waals surface area contributed by atoms with Crippen molar-refractivity contribution in [1.82, 2.24) is 14.8 Å². The monoisotopic (exact) mass is 217 g/mol. The van der Waals surface area contributed by atoms with Crippen molar-refractivity contribution in [2.75, 3.05) is 0 Å². The molecule has 6 nitrogen and oxygen atoms in total. The van der Waals surface area contributed by atoms with Crippen molar-refractivity contribution in [3.05, 3.63) is 52.7 Å². The Balaban J connectivity index is 2.57. The summed E-state index contributed by atoms with van der Waals surface area (Å²) >= 11 is 0. The van der Waals surface area contributed by atoms with Gasteiger partial charge in [0.2, 0.25) is 11.1 Å². The summed E-state index contributed by atoms with van der Waals surface area (Å²) in [7, 11) is 0. The Bertz CT molecular complexity index is 577. The first-order valence-electron chi connectivity index (χ1n) is 4.42. The SMILES string of the molecule is O=C(O)c1nn(-c2cccnc2)ccc1=O. The lowest BCUT2D eigenvalue weighted by atomic mass is 10.3. The minimum absolute atomic E-state index is 0.508. The zero-order valence-electron chi connectivity index (χ0n) is 8.07. The second kappa shape index (κ2) is 3.93. The van der Waals surface area contributed by atoms with Crippen LogP contribution < -0.4 is 5.43 Å². The van der Waals surface area contributed by atoms with E-state index in [2.05, 4.69) is 10.1 Å². The summed E-state index contributed by atoms with van der Waals surface area (Å²) in [6, 6.07) is 4.55. The number of hydrogen-bond donors (Lipinski definition) is 1. The molecule has 0 radical (unpaired) electrons. The number of carboxylic acid groups (broad SMARTS) is 1. The summed E-state index contributed by atoms with van der Waals surface area (Å²) in [5.74, 6) is -1.34. The van der Waals surface area contributed by atoms with Crippen LogP contribution in [0.2, 0.25) is 0 Å². The molecule has 6 heteroatoms. The van der Waals surface area contributed by atoms with Gasteiger partial charge in [-0.15, -0.1) is 0 Å². The third kappa shape index (κ3) is 1.81. The van der Waals surface area contributed by atoms with Gasteiger partial charge in [0, 0.05) is 18.5 Å². The van der Waals surface area contributed by atoms with Crippen LogP contribution in [0.4, 0.5) is 0 Å². The molecule has 0 saturated heterocycles. The highest BCUT2D eigenvalue weighted by molar-refractivity contribution is 5.84. The molecule has 0 unspecified atom stereocenters. The molecule has 0 amide bonds. The standard InChI is InChI=1S/C10H7N3O3/c14-8-3-5-13(12-9(8)10(15)16)7-2-1-4-11-6-7/h1-6H,(H,15,16). The molecule has 0 fully saturated rings. The Morgan fingerprint density at radius 1 is 1.38 bits per heavy atom. The molecule has 0 bridgehead atoms.